The Morgan fingerprint density at radius 3 is 2.62 bits per heavy atom. The number of fused-ring (bicyclic) bond motifs is 2. The number of benzene rings is 1. The third kappa shape index (κ3) is 5.09. The topological polar surface area (TPSA) is 78.6 Å². The lowest BCUT2D eigenvalue weighted by Gasteiger charge is -2.36. The molecule has 3 aromatic heterocycles. The van der Waals surface area contributed by atoms with E-state index < -0.39 is 11.9 Å². The van der Waals surface area contributed by atoms with Crippen LogP contribution in [0.3, 0.4) is 0 Å². The Kier molecular flexibility index (Phi) is 6.73. The Bertz CT molecular complexity index is 1490. The van der Waals surface area contributed by atoms with Crippen LogP contribution in [0.1, 0.15) is 70.0 Å². The third-order valence-corrected chi connectivity index (χ3v) is 7.72. The first kappa shape index (κ1) is 25.0. The van der Waals surface area contributed by atoms with Crippen molar-refractivity contribution < 1.29 is 23.5 Å². The highest BCUT2D eigenvalue weighted by atomic mass is 32.1. The second kappa shape index (κ2) is 9.98. The Morgan fingerprint density at radius 1 is 1.08 bits per heavy atom. The Hall–Kier alpha value is -3.71. The molecule has 4 aromatic rings. The van der Waals surface area contributed by atoms with Crippen LogP contribution < -0.4 is 0 Å². The number of carbonyl (C=O) groups is 2. The minimum Gasteiger partial charge on any atom is -0.463 e. The highest BCUT2D eigenvalue weighted by Crippen LogP contribution is 2.45. The number of aromatic nitrogens is 1. The van der Waals surface area contributed by atoms with Gasteiger partial charge in [0.15, 0.2) is 0 Å². The van der Waals surface area contributed by atoms with Crippen LogP contribution in [0.4, 0.5) is 0 Å². The van der Waals surface area contributed by atoms with Crippen molar-refractivity contribution >= 4 is 45.8 Å². The van der Waals surface area contributed by atoms with Crippen molar-refractivity contribution in [3.63, 3.8) is 0 Å². The maximum atomic E-state index is 13.7. The van der Waals surface area contributed by atoms with E-state index in [0.29, 0.717) is 17.2 Å². The number of pyridine rings is 1. The minimum absolute atomic E-state index is 0.0392. The van der Waals surface area contributed by atoms with Crippen LogP contribution in [0.25, 0.3) is 22.6 Å². The van der Waals surface area contributed by atoms with E-state index >= 15 is 0 Å². The van der Waals surface area contributed by atoms with Crippen molar-refractivity contribution in [3.05, 3.63) is 87.1 Å². The number of methoxy groups -OCH3 is 1. The van der Waals surface area contributed by atoms with Gasteiger partial charge in [-0.3, -0.25) is 0 Å². The number of rotatable bonds is 5. The molecule has 7 heteroatoms. The zero-order valence-corrected chi connectivity index (χ0v) is 22.2. The summed E-state index contributed by atoms with van der Waals surface area (Å²) in [7, 11) is 1.29. The van der Waals surface area contributed by atoms with Crippen LogP contribution in [-0.2, 0) is 22.5 Å². The monoisotopic (exact) mass is 515 g/mol. The van der Waals surface area contributed by atoms with Crippen molar-refractivity contribution in [2.24, 2.45) is 11.3 Å². The molecular weight excluding hydrogens is 486 g/mol. The van der Waals surface area contributed by atoms with Gasteiger partial charge in [-0.2, -0.15) is 0 Å². The number of hydrogen-bond acceptors (Lipinski definition) is 7. The van der Waals surface area contributed by atoms with Crippen LogP contribution >= 0.6 is 11.3 Å². The first-order valence-electron chi connectivity index (χ1n) is 12.2. The summed E-state index contributed by atoms with van der Waals surface area (Å²) in [6.45, 7) is 6.64. The summed E-state index contributed by atoms with van der Waals surface area (Å²) in [5, 5.41) is 2.83. The molecule has 1 aromatic carbocycles. The quantitative estimate of drug-likeness (QED) is 0.262. The second-order valence-electron chi connectivity index (χ2n) is 10.3. The molecule has 0 amide bonds. The van der Waals surface area contributed by atoms with E-state index in [1.165, 1.54) is 13.2 Å². The molecule has 0 N–H and O–H groups in total. The molecule has 0 radical (unpaired) electrons. The zero-order chi connectivity index (χ0) is 26.2. The van der Waals surface area contributed by atoms with Crippen molar-refractivity contribution in [2.45, 2.75) is 40.2 Å². The van der Waals surface area contributed by atoms with Gasteiger partial charge in [0.25, 0.3) is 0 Å². The van der Waals surface area contributed by atoms with Gasteiger partial charge < -0.3 is 13.9 Å². The van der Waals surface area contributed by atoms with E-state index in [1.807, 2.05) is 30.3 Å². The van der Waals surface area contributed by atoms with Gasteiger partial charge in [-0.05, 0) is 71.0 Å². The summed E-state index contributed by atoms with van der Waals surface area (Å²) >= 11 is 1.69. The predicted octanol–water partition coefficient (Wildman–Crippen LogP) is 7.18. The number of nitrogens with zero attached hydrogens (tertiary/aromatic N) is 1. The number of carbonyl (C=O) groups excluding carboxylic acids is 2. The number of esters is 2. The van der Waals surface area contributed by atoms with Gasteiger partial charge in [0.05, 0.1) is 23.9 Å². The Labute approximate surface area is 219 Å². The number of para-hydroxylation sites is 1. The standard InChI is InChI=1S/C30H29NO5S/c1-30(2,3)19-14-18(15-21-8-7-13-37-21)27-23(16-19)26(22-9-5-6-10-24(22)31-27)29(33)35-17-20-11-12-25(36-20)28(32)34-4/h5-13,15,19H,14,16-17H2,1-4H3/b18-15+. The fourth-order valence-corrected chi connectivity index (χ4v) is 5.47. The maximum absolute atomic E-state index is 13.7. The molecule has 0 spiro atoms. The first-order chi connectivity index (χ1) is 17.7. The van der Waals surface area contributed by atoms with Gasteiger partial charge in [-0.1, -0.05) is 45.0 Å². The summed E-state index contributed by atoms with van der Waals surface area (Å²) in [6, 6.07) is 14.9. The molecule has 0 fully saturated rings. The lowest BCUT2D eigenvalue weighted by atomic mass is 9.69. The van der Waals surface area contributed by atoms with Crippen molar-refractivity contribution in [1.29, 1.82) is 0 Å². The molecule has 0 bridgehead atoms. The van der Waals surface area contributed by atoms with Gasteiger partial charge in [-0.15, -0.1) is 11.3 Å². The number of furan rings is 1. The van der Waals surface area contributed by atoms with E-state index in [2.05, 4.69) is 43.0 Å². The van der Waals surface area contributed by atoms with Crippen molar-refractivity contribution in [1.82, 2.24) is 4.98 Å². The number of allylic oxidation sites excluding steroid dienone is 1. The Morgan fingerprint density at radius 2 is 1.89 bits per heavy atom. The molecular formula is C30H29NO5S. The predicted molar refractivity (Wildman–Crippen MR) is 144 cm³/mol. The molecule has 0 saturated heterocycles. The molecule has 6 nitrogen and oxygen atoms in total. The number of hydrogen-bond donors (Lipinski definition) is 0. The fourth-order valence-electron chi connectivity index (χ4n) is 4.79. The van der Waals surface area contributed by atoms with E-state index in [1.54, 1.807) is 17.4 Å². The molecule has 0 aliphatic heterocycles. The average molecular weight is 516 g/mol. The largest absolute Gasteiger partial charge is 0.463 e. The molecule has 37 heavy (non-hydrogen) atoms. The van der Waals surface area contributed by atoms with Gasteiger partial charge in [-0.25, -0.2) is 14.6 Å². The Balaban J connectivity index is 1.58. The second-order valence-corrected chi connectivity index (χ2v) is 11.3. The third-order valence-electron chi connectivity index (χ3n) is 6.90. The van der Waals surface area contributed by atoms with Crippen LogP contribution in [-0.4, -0.2) is 24.0 Å². The minimum atomic E-state index is -0.579. The summed E-state index contributed by atoms with van der Waals surface area (Å²) < 4.78 is 15.9. The number of ether oxygens (including phenoxy) is 2. The van der Waals surface area contributed by atoms with Crippen molar-refractivity contribution in [3.8, 4) is 0 Å². The molecule has 3 heterocycles. The molecule has 190 valence electrons. The van der Waals surface area contributed by atoms with Gasteiger partial charge >= 0.3 is 11.9 Å². The molecule has 1 unspecified atom stereocenters. The van der Waals surface area contributed by atoms with E-state index in [0.717, 1.165) is 45.5 Å². The summed E-state index contributed by atoms with van der Waals surface area (Å²) in [6.07, 6.45) is 3.82. The van der Waals surface area contributed by atoms with Gasteiger partial charge in [0.1, 0.15) is 12.4 Å². The lowest BCUT2D eigenvalue weighted by Crippen LogP contribution is -2.28. The van der Waals surface area contributed by atoms with Gasteiger partial charge in [0.2, 0.25) is 5.76 Å². The fraction of sp³-hybridized carbons (Fsp3) is 0.300. The highest BCUT2D eigenvalue weighted by molar-refractivity contribution is 7.10. The molecule has 1 atom stereocenters. The van der Waals surface area contributed by atoms with Crippen molar-refractivity contribution in [2.75, 3.05) is 7.11 Å². The van der Waals surface area contributed by atoms with Crippen LogP contribution in [0.15, 0.2) is 58.3 Å². The highest BCUT2D eigenvalue weighted by Gasteiger charge is 2.35. The summed E-state index contributed by atoms with van der Waals surface area (Å²) in [5.41, 5.74) is 4.27. The number of thiophene rings is 1. The zero-order valence-electron chi connectivity index (χ0n) is 21.4. The van der Waals surface area contributed by atoms with Crippen LogP contribution in [0, 0.1) is 11.3 Å². The van der Waals surface area contributed by atoms with Crippen LogP contribution in [0.2, 0.25) is 0 Å². The molecule has 5 rings (SSSR count). The summed E-state index contributed by atoms with van der Waals surface area (Å²) in [5.74, 6) is -0.252. The SMILES string of the molecule is COC(=O)c1ccc(COC(=O)c2c3c(nc4ccccc24)/C(=C/c2cccs2)CC(C(C)(C)C)C3)o1. The molecule has 1 aliphatic rings. The first-order valence-corrected chi connectivity index (χ1v) is 13.1. The average Bonchev–Trinajstić information content (AvgIpc) is 3.57. The summed E-state index contributed by atoms with van der Waals surface area (Å²) in [4.78, 5) is 31.6. The van der Waals surface area contributed by atoms with E-state index in [4.69, 9.17) is 14.1 Å². The molecule has 1 aliphatic carbocycles. The smallest absolute Gasteiger partial charge is 0.373 e. The molecule has 0 saturated carbocycles. The maximum Gasteiger partial charge on any atom is 0.373 e. The van der Waals surface area contributed by atoms with Crippen LogP contribution in [0.5, 0.6) is 0 Å². The lowest BCUT2D eigenvalue weighted by molar-refractivity contribution is 0.0438. The van der Waals surface area contributed by atoms with E-state index in [-0.39, 0.29) is 17.8 Å². The van der Waals surface area contributed by atoms with Gasteiger partial charge in [0, 0.05) is 10.3 Å². The van der Waals surface area contributed by atoms with E-state index in [9.17, 15) is 9.59 Å². The normalized spacial score (nSPS) is 16.5.